The quantitative estimate of drug-likeness (QED) is 0.821. The number of amides is 1. The predicted molar refractivity (Wildman–Crippen MR) is 91.9 cm³/mol. The molecule has 3 aliphatic rings. The van der Waals surface area contributed by atoms with E-state index < -0.39 is 5.82 Å². The van der Waals surface area contributed by atoms with E-state index >= 15 is 0 Å². The number of likely N-dealkylation sites (tertiary alicyclic amines) is 1. The fourth-order valence-electron chi connectivity index (χ4n) is 3.99. The summed E-state index contributed by atoms with van der Waals surface area (Å²) in [4.78, 5) is 14.3. The van der Waals surface area contributed by atoms with Gasteiger partial charge in [-0.05, 0) is 55.6 Å². The van der Waals surface area contributed by atoms with Gasteiger partial charge in [0.1, 0.15) is 5.82 Å². The number of nitrogens with zero attached hydrogens (tertiary/aromatic N) is 1. The summed E-state index contributed by atoms with van der Waals surface area (Å²) in [7, 11) is 0. The number of piperidine rings is 1. The van der Waals surface area contributed by atoms with Crippen LogP contribution in [-0.4, -0.2) is 49.8 Å². The van der Waals surface area contributed by atoms with Crippen molar-refractivity contribution in [1.29, 1.82) is 0 Å². The second-order valence-corrected chi connectivity index (χ2v) is 7.89. The molecule has 1 saturated carbocycles. The number of hydrogen-bond acceptors (Lipinski definition) is 3. The highest BCUT2D eigenvalue weighted by atomic mass is 19.1. The van der Waals surface area contributed by atoms with Crippen molar-refractivity contribution in [2.45, 2.75) is 38.2 Å². The number of benzene rings is 1. The van der Waals surface area contributed by atoms with Gasteiger partial charge in [-0.3, -0.25) is 4.79 Å². The Morgan fingerprint density at radius 1 is 1.24 bits per heavy atom. The molecule has 2 heterocycles. The topological polar surface area (TPSA) is 38.8 Å². The molecule has 3 fully saturated rings. The summed E-state index contributed by atoms with van der Waals surface area (Å²) in [5.41, 5.74) is 0.340. The fraction of sp³-hybridized carbons (Fsp3) is 0.650. The van der Waals surface area contributed by atoms with Gasteiger partial charge in [0.25, 0.3) is 5.91 Å². The summed E-state index contributed by atoms with van der Waals surface area (Å²) in [6, 6.07) is 6.22. The zero-order chi connectivity index (χ0) is 17.3. The van der Waals surface area contributed by atoms with E-state index in [9.17, 15) is 9.18 Å². The molecule has 0 unspecified atom stereocenters. The second-order valence-electron chi connectivity index (χ2n) is 7.89. The van der Waals surface area contributed by atoms with Crippen molar-refractivity contribution in [3.63, 3.8) is 0 Å². The Morgan fingerprint density at radius 3 is 2.72 bits per heavy atom. The largest absolute Gasteiger partial charge is 0.378 e. The van der Waals surface area contributed by atoms with E-state index in [1.165, 1.54) is 18.9 Å². The van der Waals surface area contributed by atoms with E-state index in [1.54, 1.807) is 23.1 Å². The van der Waals surface area contributed by atoms with Gasteiger partial charge in [0, 0.05) is 19.7 Å². The fourth-order valence-corrected chi connectivity index (χ4v) is 3.99. The maximum absolute atomic E-state index is 13.8. The Hall–Kier alpha value is -1.46. The van der Waals surface area contributed by atoms with E-state index in [4.69, 9.17) is 9.47 Å². The van der Waals surface area contributed by atoms with Crippen molar-refractivity contribution < 1.29 is 18.7 Å². The van der Waals surface area contributed by atoms with Crippen molar-refractivity contribution in [2.75, 3.05) is 32.9 Å². The molecule has 1 amide bonds. The molecule has 4 rings (SSSR count). The minimum Gasteiger partial charge on any atom is -0.378 e. The van der Waals surface area contributed by atoms with Crippen LogP contribution in [-0.2, 0) is 9.47 Å². The maximum atomic E-state index is 13.8. The second kappa shape index (κ2) is 7.04. The first-order valence-corrected chi connectivity index (χ1v) is 9.38. The third-order valence-electron chi connectivity index (χ3n) is 5.86. The maximum Gasteiger partial charge on any atom is 0.256 e. The number of rotatable bonds is 5. The molecule has 4 nitrogen and oxygen atoms in total. The molecule has 1 atom stereocenters. The number of ether oxygens (including phenoxy) is 2. The van der Waals surface area contributed by atoms with E-state index in [0.717, 1.165) is 38.4 Å². The highest BCUT2D eigenvalue weighted by molar-refractivity contribution is 5.94. The lowest BCUT2D eigenvalue weighted by molar-refractivity contribution is 0.00937. The molecule has 5 heteroatoms. The third-order valence-corrected chi connectivity index (χ3v) is 5.86. The van der Waals surface area contributed by atoms with Crippen LogP contribution in [0.15, 0.2) is 24.3 Å². The smallest absolute Gasteiger partial charge is 0.256 e. The van der Waals surface area contributed by atoms with E-state index in [1.807, 2.05) is 0 Å². The van der Waals surface area contributed by atoms with Gasteiger partial charge in [-0.25, -0.2) is 4.39 Å². The van der Waals surface area contributed by atoms with Crippen LogP contribution in [0.3, 0.4) is 0 Å². The summed E-state index contributed by atoms with van der Waals surface area (Å²) in [5.74, 6) is 0.143. The van der Waals surface area contributed by atoms with Crippen molar-refractivity contribution in [3.8, 4) is 0 Å². The Kier molecular flexibility index (Phi) is 4.78. The van der Waals surface area contributed by atoms with Crippen LogP contribution in [0.4, 0.5) is 4.39 Å². The molecule has 25 heavy (non-hydrogen) atoms. The van der Waals surface area contributed by atoms with Crippen LogP contribution >= 0.6 is 0 Å². The summed E-state index contributed by atoms with van der Waals surface area (Å²) < 4.78 is 25.6. The summed E-state index contributed by atoms with van der Waals surface area (Å²) in [6.45, 7) is 3.67. The van der Waals surface area contributed by atoms with Gasteiger partial charge in [-0.2, -0.15) is 0 Å². The first-order valence-electron chi connectivity index (χ1n) is 9.38. The first kappa shape index (κ1) is 17.0. The Bertz CT molecular complexity index is 623. The summed E-state index contributed by atoms with van der Waals surface area (Å²) in [5, 5.41) is 0. The first-order chi connectivity index (χ1) is 12.2. The zero-order valence-electron chi connectivity index (χ0n) is 14.6. The minimum atomic E-state index is -0.440. The van der Waals surface area contributed by atoms with Gasteiger partial charge in [-0.15, -0.1) is 0 Å². The van der Waals surface area contributed by atoms with E-state index in [2.05, 4.69) is 0 Å². The highest BCUT2D eigenvalue weighted by Gasteiger charge is 2.43. The summed E-state index contributed by atoms with van der Waals surface area (Å²) >= 11 is 0. The lowest BCUT2D eigenvalue weighted by atomic mass is 9.76. The Morgan fingerprint density at radius 2 is 2.00 bits per heavy atom. The lowest BCUT2D eigenvalue weighted by Gasteiger charge is -2.38. The van der Waals surface area contributed by atoms with Crippen molar-refractivity contribution in [1.82, 2.24) is 4.90 Å². The number of halogens is 1. The van der Waals surface area contributed by atoms with Crippen LogP contribution in [0.5, 0.6) is 0 Å². The summed E-state index contributed by atoms with van der Waals surface area (Å²) in [6.07, 6.45) is 5.66. The van der Waals surface area contributed by atoms with Crippen LogP contribution in [0, 0.1) is 17.2 Å². The molecule has 1 aliphatic carbocycles. The minimum absolute atomic E-state index is 0.166. The normalized spacial score (nSPS) is 25.5. The average molecular weight is 347 g/mol. The van der Waals surface area contributed by atoms with Crippen molar-refractivity contribution in [2.24, 2.45) is 11.3 Å². The SMILES string of the molecule is O=C(c1ccccc1F)N1CCC2(CC1)CO[C@H](COCC1CC1)C2. The van der Waals surface area contributed by atoms with Gasteiger partial charge in [0.05, 0.1) is 24.9 Å². The molecule has 136 valence electrons. The molecule has 2 saturated heterocycles. The lowest BCUT2D eigenvalue weighted by Crippen LogP contribution is -2.43. The van der Waals surface area contributed by atoms with Gasteiger partial charge >= 0.3 is 0 Å². The van der Waals surface area contributed by atoms with Crippen molar-refractivity contribution >= 4 is 5.91 Å². The number of carbonyl (C=O) groups excluding carboxylic acids is 1. The van der Waals surface area contributed by atoms with Gasteiger partial charge in [-0.1, -0.05) is 12.1 Å². The van der Waals surface area contributed by atoms with E-state index in [0.29, 0.717) is 19.7 Å². The van der Waals surface area contributed by atoms with Crippen molar-refractivity contribution in [3.05, 3.63) is 35.6 Å². The number of hydrogen-bond donors (Lipinski definition) is 0. The molecular formula is C20H26FNO3. The molecule has 1 aromatic carbocycles. The van der Waals surface area contributed by atoms with E-state index in [-0.39, 0.29) is 23.0 Å². The Labute approximate surface area is 148 Å². The van der Waals surface area contributed by atoms with Crippen LogP contribution < -0.4 is 0 Å². The predicted octanol–water partition coefficient (Wildman–Crippen LogP) is 3.26. The molecule has 0 N–H and O–H groups in total. The Balaban J connectivity index is 1.28. The van der Waals surface area contributed by atoms with Gasteiger partial charge < -0.3 is 14.4 Å². The van der Waals surface area contributed by atoms with Crippen LogP contribution in [0.25, 0.3) is 0 Å². The molecule has 0 aromatic heterocycles. The number of carbonyl (C=O) groups is 1. The zero-order valence-corrected chi connectivity index (χ0v) is 14.6. The highest BCUT2D eigenvalue weighted by Crippen LogP contribution is 2.42. The molecule has 0 bridgehead atoms. The average Bonchev–Trinajstić information content (AvgIpc) is 3.37. The molecule has 1 spiro atoms. The monoisotopic (exact) mass is 347 g/mol. The molecular weight excluding hydrogens is 321 g/mol. The molecule has 0 radical (unpaired) electrons. The molecule has 2 aliphatic heterocycles. The van der Waals surface area contributed by atoms with Crippen LogP contribution in [0.2, 0.25) is 0 Å². The van der Waals surface area contributed by atoms with Gasteiger partial charge in [0.15, 0.2) is 0 Å². The standard InChI is InChI=1S/C20H26FNO3/c21-18-4-2-1-3-17(18)19(23)22-9-7-20(8-10-22)11-16(25-14-20)13-24-12-15-5-6-15/h1-4,15-16H,5-14H2/t16-/m0/s1. The van der Waals surface area contributed by atoms with Gasteiger partial charge in [0.2, 0.25) is 0 Å². The third kappa shape index (κ3) is 3.87. The molecule has 1 aromatic rings. The van der Waals surface area contributed by atoms with Crippen LogP contribution in [0.1, 0.15) is 42.5 Å².